The number of pyridine rings is 1. The molecule has 1 saturated carbocycles. The van der Waals surface area contributed by atoms with Crippen LogP contribution in [0.25, 0.3) is 0 Å². The highest BCUT2D eigenvalue weighted by Gasteiger charge is 2.21. The van der Waals surface area contributed by atoms with Crippen LogP contribution in [0.4, 0.5) is 0 Å². The summed E-state index contributed by atoms with van der Waals surface area (Å²) >= 11 is 0. The van der Waals surface area contributed by atoms with Gasteiger partial charge in [0.05, 0.1) is 5.69 Å². The van der Waals surface area contributed by atoms with Gasteiger partial charge < -0.3 is 10.5 Å². The Bertz CT molecular complexity index is 473. The largest absolute Gasteiger partial charge is 0.425 e. The zero-order valence-electron chi connectivity index (χ0n) is 11.2. The maximum Gasteiger partial charge on any atom is 0.287 e. The second kappa shape index (κ2) is 5.57. The van der Waals surface area contributed by atoms with Gasteiger partial charge >= 0.3 is 0 Å². The molecule has 0 amide bonds. The lowest BCUT2D eigenvalue weighted by Crippen LogP contribution is -2.30. The summed E-state index contributed by atoms with van der Waals surface area (Å²) in [5.41, 5.74) is 2.14. The van der Waals surface area contributed by atoms with Crippen molar-refractivity contribution in [1.82, 2.24) is 10.0 Å². The van der Waals surface area contributed by atoms with Crippen molar-refractivity contribution in [1.29, 1.82) is 0 Å². The van der Waals surface area contributed by atoms with Crippen LogP contribution in [-0.2, 0) is 6.54 Å². The van der Waals surface area contributed by atoms with Crippen molar-refractivity contribution >= 4 is 0 Å². The van der Waals surface area contributed by atoms with Gasteiger partial charge in [-0.2, -0.15) is 4.73 Å². The first-order valence-corrected chi connectivity index (χ1v) is 6.74. The van der Waals surface area contributed by atoms with Crippen LogP contribution in [0, 0.1) is 6.92 Å². The van der Waals surface area contributed by atoms with Gasteiger partial charge in [0.1, 0.15) is 0 Å². The molecule has 1 heterocycles. The highest BCUT2D eigenvalue weighted by molar-refractivity contribution is 5.28. The fourth-order valence-electron chi connectivity index (χ4n) is 2.86. The summed E-state index contributed by atoms with van der Waals surface area (Å²) in [6.45, 7) is 2.44. The van der Waals surface area contributed by atoms with Crippen molar-refractivity contribution < 1.29 is 5.21 Å². The molecule has 1 aliphatic rings. The van der Waals surface area contributed by atoms with Crippen molar-refractivity contribution in [3.63, 3.8) is 0 Å². The Morgan fingerprint density at radius 2 is 2.06 bits per heavy atom. The lowest BCUT2D eigenvalue weighted by atomic mass is 9.86. The van der Waals surface area contributed by atoms with Crippen LogP contribution in [0.15, 0.2) is 10.9 Å². The Balaban J connectivity index is 2.40. The van der Waals surface area contributed by atoms with Gasteiger partial charge in [-0.15, -0.1) is 0 Å². The van der Waals surface area contributed by atoms with Crippen LogP contribution in [0.5, 0.6) is 0 Å². The van der Waals surface area contributed by atoms with Gasteiger partial charge in [0, 0.05) is 18.0 Å². The van der Waals surface area contributed by atoms with E-state index in [2.05, 4.69) is 5.32 Å². The summed E-state index contributed by atoms with van der Waals surface area (Å²) < 4.78 is 0.871. The highest BCUT2D eigenvalue weighted by Crippen LogP contribution is 2.32. The van der Waals surface area contributed by atoms with Gasteiger partial charge in [0.15, 0.2) is 0 Å². The molecule has 2 rings (SSSR count). The zero-order chi connectivity index (χ0) is 13.1. The van der Waals surface area contributed by atoms with Crippen molar-refractivity contribution in [3.8, 4) is 0 Å². The third-order valence-electron chi connectivity index (χ3n) is 3.91. The van der Waals surface area contributed by atoms with Gasteiger partial charge in [-0.25, -0.2) is 0 Å². The Labute approximate surface area is 108 Å². The number of aryl methyl sites for hydroxylation is 1. The van der Waals surface area contributed by atoms with E-state index in [1.165, 1.54) is 19.3 Å². The van der Waals surface area contributed by atoms with Crippen molar-refractivity contribution in [2.45, 2.75) is 51.5 Å². The van der Waals surface area contributed by atoms with Crippen LogP contribution in [0.3, 0.4) is 0 Å². The van der Waals surface area contributed by atoms with Gasteiger partial charge in [-0.05, 0) is 38.4 Å². The summed E-state index contributed by atoms with van der Waals surface area (Å²) in [5, 5.41) is 13.0. The second-order valence-corrected chi connectivity index (χ2v) is 5.21. The maximum absolute atomic E-state index is 12.1. The number of nitrogens with zero attached hydrogens (tertiary/aromatic N) is 1. The van der Waals surface area contributed by atoms with Crippen molar-refractivity contribution in [2.24, 2.45) is 0 Å². The third-order valence-corrected chi connectivity index (χ3v) is 3.91. The van der Waals surface area contributed by atoms with Crippen molar-refractivity contribution in [3.05, 3.63) is 33.2 Å². The molecule has 0 saturated heterocycles. The first-order valence-electron chi connectivity index (χ1n) is 6.74. The van der Waals surface area contributed by atoms with Gasteiger partial charge in [0.25, 0.3) is 5.56 Å². The van der Waals surface area contributed by atoms with Gasteiger partial charge in [0.2, 0.25) is 0 Å². The van der Waals surface area contributed by atoms with Gasteiger partial charge in [-0.1, -0.05) is 19.3 Å². The minimum Gasteiger partial charge on any atom is -0.425 e. The number of rotatable bonds is 3. The molecule has 0 bridgehead atoms. The normalized spacial score (nSPS) is 17.0. The summed E-state index contributed by atoms with van der Waals surface area (Å²) in [6.07, 6.45) is 5.80. The van der Waals surface area contributed by atoms with E-state index in [4.69, 9.17) is 0 Å². The molecule has 1 aromatic rings. The van der Waals surface area contributed by atoms with Crippen LogP contribution in [0.1, 0.15) is 54.8 Å². The summed E-state index contributed by atoms with van der Waals surface area (Å²) in [5.74, 6) is 0.332. The summed E-state index contributed by atoms with van der Waals surface area (Å²) in [4.78, 5) is 12.1. The van der Waals surface area contributed by atoms with Gasteiger partial charge in [-0.3, -0.25) is 4.79 Å². The van der Waals surface area contributed by atoms with Crippen molar-refractivity contribution in [2.75, 3.05) is 7.05 Å². The summed E-state index contributed by atoms with van der Waals surface area (Å²) in [6, 6.07) is 1.98. The standard InChI is InChI=1S/C14H22N2O2/c1-10-8-13(11-6-4-3-5-7-11)16(18)14(17)12(10)9-15-2/h8,11,15,18H,3-7,9H2,1-2H3. The Morgan fingerprint density at radius 1 is 1.39 bits per heavy atom. The van der Waals surface area contributed by atoms with E-state index >= 15 is 0 Å². The smallest absolute Gasteiger partial charge is 0.287 e. The lowest BCUT2D eigenvalue weighted by Gasteiger charge is -2.23. The zero-order valence-corrected chi connectivity index (χ0v) is 11.2. The molecule has 1 fully saturated rings. The Morgan fingerprint density at radius 3 is 2.67 bits per heavy atom. The Kier molecular flexibility index (Phi) is 4.07. The average molecular weight is 250 g/mol. The average Bonchev–Trinajstić information content (AvgIpc) is 2.40. The van der Waals surface area contributed by atoms with E-state index in [9.17, 15) is 10.0 Å². The quantitative estimate of drug-likeness (QED) is 0.808. The minimum atomic E-state index is -0.273. The molecule has 100 valence electrons. The molecule has 4 heteroatoms. The summed E-state index contributed by atoms with van der Waals surface area (Å²) in [7, 11) is 1.80. The minimum absolute atomic E-state index is 0.273. The van der Waals surface area contributed by atoms with Crippen LogP contribution in [0.2, 0.25) is 0 Å². The second-order valence-electron chi connectivity index (χ2n) is 5.21. The molecule has 18 heavy (non-hydrogen) atoms. The molecule has 1 aliphatic carbocycles. The number of hydrogen-bond acceptors (Lipinski definition) is 3. The fraction of sp³-hybridized carbons (Fsp3) is 0.643. The molecule has 1 aromatic heterocycles. The molecule has 0 aliphatic heterocycles. The maximum atomic E-state index is 12.1. The molecule has 4 nitrogen and oxygen atoms in total. The third kappa shape index (κ3) is 2.43. The van der Waals surface area contributed by atoms with Crippen LogP contribution < -0.4 is 10.9 Å². The molecule has 2 N–H and O–H groups in total. The predicted molar refractivity (Wildman–Crippen MR) is 71.2 cm³/mol. The van der Waals surface area contributed by atoms with E-state index in [0.717, 1.165) is 28.8 Å². The van der Waals surface area contributed by atoms with E-state index < -0.39 is 0 Å². The first kappa shape index (κ1) is 13.1. The molecule has 0 spiro atoms. The molecular weight excluding hydrogens is 228 g/mol. The lowest BCUT2D eigenvalue weighted by molar-refractivity contribution is 0.155. The van der Waals surface area contributed by atoms with E-state index in [1.54, 1.807) is 7.05 Å². The van der Waals surface area contributed by atoms with Crippen LogP contribution in [-0.4, -0.2) is 17.0 Å². The molecular formula is C14H22N2O2. The number of aromatic nitrogens is 1. The highest BCUT2D eigenvalue weighted by atomic mass is 16.5. The monoisotopic (exact) mass is 250 g/mol. The predicted octanol–water partition coefficient (Wildman–Crippen LogP) is 2.16. The Hall–Kier alpha value is -1.29. The molecule has 0 unspecified atom stereocenters. The molecule has 0 radical (unpaired) electrons. The fourth-order valence-corrected chi connectivity index (χ4v) is 2.86. The first-order chi connectivity index (χ1) is 8.65. The van der Waals surface area contributed by atoms with E-state index in [1.807, 2.05) is 13.0 Å². The number of hydrogen-bond donors (Lipinski definition) is 2. The van der Waals surface area contributed by atoms with E-state index in [0.29, 0.717) is 18.0 Å². The molecule has 0 aromatic carbocycles. The van der Waals surface area contributed by atoms with Crippen LogP contribution >= 0.6 is 0 Å². The van der Waals surface area contributed by atoms with E-state index in [-0.39, 0.29) is 5.56 Å². The topological polar surface area (TPSA) is 54.3 Å². The molecule has 0 atom stereocenters. The number of nitrogens with one attached hydrogen (secondary N) is 1. The SMILES string of the molecule is CNCc1c(C)cc(C2CCCCC2)n(O)c1=O.